The lowest BCUT2D eigenvalue weighted by Crippen LogP contribution is -2.47. The molecule has 0 bridgehead atoms. The summed E-state index contributed by atoms with van der Waals surface area (Å²) >= 11 is 1.63. The van der Waals surface area contributed by atoms with Gasteiger partial charge in [0, 0.05) is 5.75 Å². The molecule has 0 aromatic carbocycles. The second-order valence-electron chi connectivity index (χ2n) is 5.03. The van der Waals surface area contributed by atoms with Crippen LogP contribution in [0.4, 0.5) is 0 Å². The molecule has 0 aliphatic heterocycles. The quantitative estimate of drug-likeness (QED) is 0.776. The zero-order chi connectivity index (χ0) is 13.6. The summed E-state index contributed by atoms with van der Waals surface area (Å²) in [5.41, 5.74) is -0.298. The van der Waals surface area contributed by atoms with E-state index in [0.29, 0.717) is 5.92 Å². The fourth-order valence-corrected chi connectivity index (χ4v) is 3.64. The molecule has 1 N–H and O–H groups in total. The summed E-state index contributed by atoms with van der Waals surface area (Å²) in [6.07, 6.45) is 8.66. The monoisotopic (exact) mass is 279 g/mol. The first kappa shape index (κ1) is 14.4. The summed E-state index contributed by atoms with van der Waals surface area (Å²) in [6.45, 7) is 3.07. The van der Waals surface area contributed by atoms with E-state index in [-0.39, 0.29) is 5.54 Å². The van der Waals surface area contributed by atoms with E-state index in [4.69, 9.17) is 4.42 Å². The average Bonchev–Trinajstić information content (AvgIpc) is 3.07. The molecule has 19 heavy (non-hydrogen) atoms. The highest BCUT2D eigenvalue weighted by molar-refractivity contribution is 7.99. The van der Waals surface area contributed by atoms with Gasteiger partial charge in [-0.25, -0.2) is 4.98 Å². The summed E-state index contributed by atoms with van der Waals surface area (Å²) < 4.78 is 5.21. The van der Waals surface area contributed by atoms with E-state index in [0.717, 1.165) is 49.6 Å². The number of oxazole rings is 1. The molecule has 1 aromatic heterocycles. The van der Waals surface area contributed by atoms with Crippen LogP contribution in [0.1, 0.15) is 39.0 Å². The Hall–Kier alpha value is -0.990. The molecule has 104 valence electrons. The predicted molar refractivity (Wildman–Crippen MR) is 75.8 cm³/mol. The van der Waals surface area contributed by atoms with Crippen molar-refractivity contribution >= 4 is 11.8 Å². The van der Waals surface area contributed by atoms with Gasteiger partial charge in [0.2, 0.25) is 0 Å². The zero-order valence-electron chi connectivity index (χ0n) is 11.4. The molecular weight excluding hydrogens is 258 g/mol. The van der Waals surface area contributed by atoms with Gasteiger partial charge in [0.1, 0.15) is 11.8 Å². The third kappa shape index (κ3) is 3.52. The fraction of sp³-hybridized carbons (Fsp3) is 0.714. The van der Waals surface area contributed by atoms with E-state index < -0.39 is 0 Å². The molecule has 4 nitrogen and oxygen atoms in total. The summed E-state index contributed by atoms with van der Waals surface area (Å²) in [4.78, 5) is 4.10. The smallest absolute Gasteiger partial charge is 0.255 e. The number of hydrogen-bond donors (Lipinski definition) is 1. The van der Waals surface area contributed by atoms with Crippen molar-refractivity contribution in [2.75, 3.05) is 12.3 Å². The molecule has 5 heteroatoms. The first-order valence-electron chi connectivity index (χ1n) is 6.99. The largest absolute Gasteiger partial charge is 0.440 e. The highest BCUT2D eigenvalue weighted by atomic mass is 32.2. The number of nitriles is 1. The van der Waals surface area contributed by atoms with Crippen LogP contribution in [0.25, 0.3) is 0 Å². The van der Waals surface area contributed by atoms with Crippen LogP contribution in [0, 0.1) is 17.2 Å². The van der Waals surface area contributed by atoms with Crippen LogP contribution < -0.4 is 5.32 Å². The van der Waals surface area contributed by atoms with Gasteiger partial charge in [-0.1, -0.05) is 25.1 Å². The molecule has 0 radical (unpaired) electrons. The molecule has 2 unspecified atom stereocenters. The third-order valence-electron chi connectivity index (χ3n) is 3.81. The minimum Gasteiger partial charge on any atom is -0.440 e. The lowest BCUT2D eigenvalue weighted by Gasteiger charge is -2.29. The molecular formula is C14H21N3OS. The first-order chi connectivity index (χ1) is 9.30. The number of rotatable bonds is 7. The van der Waals surface area contributed by atoms with Crippen LogP contribution >= 0.6 is 11.8 Å². The molecule has 1 saturated carbocycles. The second kappa shape index (κ2) is 6.97. The van der Waals surface area contributed by atoms with Gasteiger partial charge in [0.25, 0.3) is 5.22 Å². The van der Waals surface area contributed by atoms with Crippen LogP contribution in [0.15, 0.2) is 22.1 Å². The van der Waals surface area contributed by atoms with Crippen molar-refractivity contribution in [3.63, 3.8) is 0 Å². The van der Waals surface area contributed by atoms with Gasteiger partial charge in [0.15, 0.2) is 0 Å². The zero-order valence-corrected chi connectivity index (χ0v) is 12.2. The van der Waals surface area contributed by atoms with Crippen molar-refractivity contribution in [2.24, 2.45) is 5.92 Å². The first-order valence-corrected chi connectivity index (χ1v) is 7.98. The normalized spacial score (nSPS) is 26.4. The Bertz CT molecular complexity index is 415. The summed E-state index contributed by atoms with van der Waals surface area (Å²) in [5, 5.41) is 13.7. The molecule has 1 heterocycles. The maximum Gasteiger partial charge on any atom is 0.255 e. The van der Waals surface area contributed by atoms with Gasteiger partial charge in [-0.05, 0) is 38.1 Å². The summed E-state index contributed by atoms with van der Waals surface area (Å²) in [6, 6.07) is 2.55. The highest BCUT2D eigenvalue weighted by Gasteiger charge is 2.42. The summed E-state index contributed by atoms with van der Waals surface area (Å²) in [7, 11) is 0. The molecule has 2 atom stereocenters. The van der Waals surface area contributed by atoms with Crippen molar-refractivity contribution in [3.05, 3.63) is 12.5 Å². The minimum atomic E-state index is -0.298. The Balaban J connectivity index is 1.85. The van der Waals surface area contributed by atoms with Crippen molar-refractivity contribution < 1.29 is 4.42 Å². The van der Waals surface area contributed by atoms with E-state index in [2.05, 4.69) is 23.3 Å². The van der Waals surface area contributed by atoms with Crippen LogP contribution in [0.5, 0.6) is 0 Å². The second-order valence-corrected chi connectivity index (χ2v) is 6.08. The Labute approximate surface area is 119 Å². The Morgan fingerprint density at radius 3 is 3.26 bits per heavy atom. The molecule has 0 spiro atoms. The fourth-order valence-electron chi connectivity index (χ4n) is 2.81. The van der Waals surface area contributed by atoms with E-state index in [9.17, 15) is 5.26 Å². The number of aromatic nitrogens is 1. The van der Waals surface area contributed by atoms with Gasteiger partial charge < -0.3 is 4.42 Å². The van der Waals surface area contributed by atoms with E-state index >= 15 is 0 Å². The molecule has 1 aliphatic rings. The standard InChI is InChI=1S/C14H21N3OS/c1-2-7-17-14(11-15)6-3-4-12(14)5-10-19-13-16-8-9-18-13/h8-9,12,17H,2-7,10H2,1H3. The molecule has 0 saturated heterocycles. The van der Waals surface area contributed by atoms with Crippen LogP contribution in [0.3, 0.4) is 0 Å². The SMILES string of the molecule is CCCNC1(C#N)CCCC1CCSc1ncco1. The maximum atomic E-state index is 9.55. The van der Waals surface area contributed by atoms with Crippen molar-refractivity contribution in [1.82, 2.24) is 10.3 Å². The molecule has 2 rings (SSSR count). The lowest BCUT2D eigenvalue weighted by atomic mass is 9.86. The van der Waals surface area contributed by atoms with Gasteiger partial charge in [-0.3, -0.25) is 5.32 Å². The van der Waals surface area contributed by atoms with Crippen LogP contribution in [0.2, 0.25) is 0 Å². The van der Waals surface area contributed by atoms with Gasteiger partial charge in [-0.2, -0.15) is 5.26 Å². The third-order valence-corrected chi connectivity index (χ3v) is 4.70. The average molecular weight is 279 g/mol. The maximum absolute atomic E-state index is 9.55. The van der Waals surface area contributed by atoms with Gasteiger partial charge in [-0.15, -0.1) is 0 Å². The highest BCUT2D eigenvalue weighted by Crippen LogP contribution is 2.38. The van der Waals surface area contributed by atoms with Crippen molar-refractivity contribution in [3.8, 4) is 6.07 Å². The van der Waals surface area contributed by atoms with Crippen LogP contribution in [-0.4, -0.2) is 22.8 Å². The molecule has 0 amide bonds. The van der Waals surface area contributed by atoms with E-state index in [1.54, 1.807) is 24.2 Å². The molecule has 1 aliphatic carbocycles. The van der Waals surface area contributed by atoms with Gasteiger partial charge in [0.05, 0.1) is 12.3 Å². The topological polar surface area (TPSA) is 61.9 Å². The number of thioether (sulfide) groups is 1. The van der Waals surface area contributed by atoms with E-state index in [1.807, 2.05) is 0 Å². The summed E-state index contributed by atoms with van der Waals surface area (Å²) in [5.74, 6) is 1.41. The number of nitrogens with zero attached hydrogens (tertiary/aromatic N) is 2. The Morgan fingerprint density at radius 2 is 2.58 bits per heavy atom. The van der Waals surface area contributed by atoms with E-state index in [1.165, 1.54) is 0 Å². The molecule has 1 fully saturated rings. The van der Waals surface area contributed by atoms with Gasteiger partial charge >= 0.3 is 0 Å². The van der Waals surface area contributed by atoms with Crippen molar-refractivity contribution in [2.45, 2.75) is 49.8 Å². The van der Waals surface area contributed by atoms with Crippen LogP contribution in [-0.2, 0) is 0 Å². The Kier molecular flexibility index (Phi) is 5.29. The lowest BCUT2D eigenvalue weighted by molar-refractivity contribution is 0.311. The van der Waals surface area contributed by atoms with Crippen molar-refractivity contribution in [1.29, 1.82) is 5.26 Å². The minimum absolute atomic E-state index is 0.298. The number of hydrogen-bond acceptors (Lipinski definition) is 5. The number of nitrogens with one attached hydrogen (secondary N) is 1. The molecule has 1 aromatic rings. The predicted octanol–water partition coefficient (Wildman–Crippen LogP) is 3.22. The Morgan fingerprint density at radius 1 is 1.68 bits per heavy atom.